The van der Waals surface area contributed by atoms with Crippen LogP contribution in [-0.2, 0) is 0 Å². The third kappa shape index (κ3) is 5.48. The quantitative estimate of drug-likeness (QED) is 0.360. The molecule has 1 aliphatic heterocycles. The van der Waals surface area contributed by atoms with Gasteiger partial charge in [-0.1, -0.05) is 35.9 Å². The summed E-state index contributed by atoms with van der Waals surface area (Å²) in [5.41, 5.74) is 2.90. The number of rotatable bonds is 6. The summed E-state index contributed by atoms with van der Waals surface area (Å²) in [7, 11) is 0. The predicted octanol–water partition coefficient (Wildman–Crippen LogP) is 5.58. The van der Waals surface area contributed by atoms with E-state index in [-0.39, 0.29) is 17.1 Å². The summed E-state index contributed by atoms with van der Waals surface area (Å²) in [6.45, 7) is 7.75. The van der Waals surface area contributed by atoms with E-state index in [9.17, 15) is 9.90 Å². The Labute approximate surface area is 221 Å². The average molecular weight is 517 g/mol. The molecule has 4 aromatic rings. The fourth-order valence-corrected chi connectivity index (χ4v) is 4.61. The van der Waals surface area contributed by atoms with Crippen molar-refractivity contribution < 1.29 is 9.84 Å². The van der Waals surface area contributed by atoms with Gasteiger partial charge in [0.25, 0.3) is 0 Å². The fraction of sp³-hybridized carbons (Fsp3) is 0.241. The van der Waals surface area contributed by atoms with E-state index in [0.717, 1.165) is 37.3 Å². The molecule has 190 valence electrons. The number of ether oxygens (including phenoxy) is 1. The standard InChI is InChI=1S/C29H29ClN4O3/c1-20(2)32-15-17-33(18-16-32)27-19-31-34(24-9-7-23(30)8-10-24)29(36)28(27)37-26-13-5-22(6-14-26)21-3-11-25(35)12-4-21/h3-14,19-20,35H,15-18H2,1-2H3. The van der Waals surface area contributed by atoms with Gasteiger partial charge in [0.05, 0.1) is 11.9 Å². The van der Waals surface area contributed by atoms with E-state index in [0.29, 0.717) is 28.2 Å². The molecule has 0 aliphatic carbocycles. The van der Waals surface area contributed by atoms with Crippen LogP contribution < -0.4 is 15.2 Å². The van der Waals surface area contributed by atoms with Crippen molar-refractivity contribution in [2.75, 3.05) is 31.1 Å². The zero-order valence-electron chi connectivity index (χ0n) is 20.8. The highest BCUT2D eigenvalue weighted by molar-refractivity contribution is 6.30. The monoisotopic (exact) mass is 516 g/mol. The summed E-state index contributed by atoms with van der Waals surface area (Å²) in [6, 6.07) is 22.0. The smallest absolute Gasteiger partial charge is 0.316 e. The molecule has 3 aromatic carbocycles. The van der Waals surface area contributed by atoms with E-state index >= 15 is 0 Å². The van der Waals surface area contributed by atoms with Crippen LogP contribution in [0.25, 0.3) is 16.8 Å². The first kappa shape index (κ1) is 24.9. The Balaban J connectivity index is 1.49. The van der Waals surface area contributed by atoms with Gasteiger partial charge in [-0.15, -0.1) is 0 Å². The molecule has 1 N–H and O–H groups in total. The van der Waals surface area contributed by atoms with Crippen molar-refractivity contribution in [3.63, 3.8) is 0 Å². The lowest BCUT2D eigenvalue weighted by atomic mass is 10.1. The van der Waals surface area contributed by atoms with Crippen LogP contribution in [0.15, 0.2) is 83.8 Å². The first-order valence-electron chi connectivity index (χ1n) is 12.3. The maximum absolute atomic E-state index is 13.7. The molecule has 0 saturated carbocycles. The average Bonchev–Trinajstić information content (AvgIpc) is 2.91. The molecule has 1 aliphatic rings. The third-order valence-corrected chi connectivity index (χ3v) is 6.90. The van der Waals surface area contributed by atoms with Crippen LogP contribution in [0.5, 0.6) is 17.2 Å². The number of aromatic hydroxyl groups is 1. The van der Waals surface area contributed by atoms with E-state index in [2.05, 4.69) is 28.7 Å². The van der Waals surface area contributed by atoms with E-state index in [1.54, 1.807) is 42.6 Å². The van der Waals surface area contributed by atoms with Crippen LogP contribution in [0.1, 0.15) is 13.8 Å². The minimum atomic E-state index is -0.339. The lowest BCUT2D eigenvalue weighted by Crippen LogP contribution is -2.49. The van der Waals surface area contributed by atoms with E-state index in [1.165, 1.54) is 4.68 Å². The lowest BCUT2D eigenvalue weighted by molar-refractivity contribution is 0.209. The Morgan fingerprint density at radius 1 is 0.865 bits per heavy atom. The lowest BCUT2D eigenvalue weighted by Gasteiger charge is -2.38. The second-order valence-electron chi connectivity index (χ2n) is 9.34. The second kappa shape index (κ2) is 10.7. The molecule has 5 rings (SSSR count). The number of phenols is 1. The number of aromatic nitrogens is 2. The maximum Gasteiger partial charge on any atom is 0.316 e. The Morgan fingerprint density at radius 3 is 2.05 bits per heavy atom. The molecule has 0 radical (unpaired) electrons. The van der Waals surface area contributed by atoms with E-state index in [1.807, 2.05) is 36.4 Å². The fourth-order valence-electron chi connectivity index (χ4n) is 4.48. The highest BCUT2D eigenvalue weighted by Crippen LogP contribution is 2.31. The molecule has 0 unspecified atom stereocenters. The van der Waals surface area contributed by atoms with Gasteiger partial charge in [0.2, 0.25) is 5.75 Å². The number of halogens is 1. The van der Waals surface area contributed by atoms with Gasteiger partial charge in [0.1, 0.15) is 17.2 Å². The van der Waals surface area contributed by atoms with Crippen LogP contribution in [0.3, 0.4) is 0 Å². The summed E-state index contributed by atoms with van der Waals surface area (Å²) >= 11 is 6.05. The zero-order valence-corrected chi connectivity index (χ0v) is 21.6. The minimum Gasteiger partial charge on any atom is -0.508 e. The highest BCUT2D eigenvalue weighted by Gasteiger charge is 2.25. The molecule has 0 atom stereocenters. The number of phenolic OH excluding ortho intramolecular Hbond substituents is 1. The Kier molecular flexibility index (Phi) is 7.17. The first-order valence-corrected chi connectivity index (χ1v) is 12.7. The topological polar surface area (TPSA) is 70.8 Å². The number of hydrogen-bond acceptors (Lipinski definition) is 6. The number of anilines is 1. The Hall–Kier alpha value is -3.81. The molecule has 0 spiro atoms. The molecular formula is C29H29ClN4O3. The summed E-state index contributed by atoms with van der Waals surface area (Å²) in [5, 5.41) is 14.6. The molecule has 0 bridgehead atoms. The SMILES string of the molecule is CC(C)N1CCN(c2cnn(-c3ccc(Cl)cc3)c(=O)c2Oc2ccc(-c3ccc(O)cc3)cc2)CC1. The van der Waals surface area contributed by atoms with Gasteiger partial charge in [-0.05, 0) is 73.5 Å². The van der Waals surface area contributed by atoms with Crippen LogP contribution in [0.2, 0.25) is 5.02 Å². The molecular weight excluding hydrogens is 488 g/mol. The van der Waals surface area contributed by atoms with Crippen molar-refractivity contribution in [3.05, 3.63) is 94.4 Å². The molecule has 7 nitrogen and oxygen atoms in total. The number of nitrogens with zero attached hydrogens (tertiary/aromatic N) is 4. The van der Waals surface area contributed by atoms with E-state index in [4.69, 9.17) is 16.3 Å². The molecule has 1 fully saturated rings. The predicted molar refractivity (Wildman–Crippen MR) is 147 cm³/mol. The van der Waals surface area contributed by atoms with E-state index < -0.39 is 0 Å². The van der Waals surface area contributed by atoms with Gasteiger partial charge in [0, 0.05) is 37.2 Å². The number of hydrogen-bond donors (Lipinski definition) is 1. The van der Waals surface area contributed by atoms with Gasteiger partial charge in [-0.2, -0.15) is 9.78 Å². The summed E-state index contributed by atoms with van der Waals surface area (Å²) in [5.74, 6) is 1.01. The van der Waals surface area contributed by atoms with Crippen LogP contribution >= 0.6 is 11.6 Å². The molecule has 37 heavy (non-hydrogen) atoms. The van der Waals surface area contributed by atoms with Crippen molar-refractivity contribution >= 4 is 17.3 Å². The second-order valence-corrected chi connectivity index (χ2v) is 9.78. The van der Waals surface area contributed by atoms with Gasteiger partial charge >= 0.3 is 5.56 Å². The van der Waals surface area contributed by atoms with Crippen LogP contribution in [0, 0.1) is 0 Å². The van der Waals surface area contributed by atoms with Gasteiger partial charge < -0.3 is 14.7 Å². The van der Waals surface area contributed by atoms with Crippen LogP contribution in [-0.4, -0.2) is 52.0 Å². The first-order chi connectivity index (χ1) is 17.9. The molecule has 1 saturated heterocycles. The molecule has 8 heteroatoms. The molecule has 2 heterocycles. The normalized spacial score (nSPS) is 14.2. The van der Waals surface area contributed by atoms with Gasteiger partial charge in [-0.25, -0.2) is 0 Å². The summed E-state index contributed by atoms with van der Waals surface area (Å²) in [6.07, 6.45) is 1.71. The van der Waals surface area contributed by atoms with Gasteiger partial charge in [0.15, 0.2) is 0 Å². The highest BCUT2D eigenvalue weighted by atomic mass is 35.5. The molecule has 1 aromatic heterocycles. The largest absolute Gasteiger partial charge is 0.508 e. The summed E-state index contributed by atoms with van der Waals surface area (Å²) < 4.78 is 7.61. The minimum absolute atomic E-state index is 0.222. The van der Waals surface area contributed by atoms with Crippen molar-refractivity contribution in [2.45, 2.75) is 19.9 Å². The van der Waals surface area contributed by atoms with Crippen molar-refractivity contribution in [1.29, 1.82) is 0 Å². The summed E-state index contributed by atoms with van der Waals surface area (Å²) in [4.78, 5) is 18.3. The number of piperazine rings is 1. The Morgan fingerprint density at radius 2 is 1.46 bits per heavy atom. The van der Waals surface area contributed by atoms with Gasteiger partial charge in [-0.3, -0.25) is 9.69 Å². The van der Waals surface area contributed by atoms with Crippen molar-refractivity contribution in [1.82, 2.24) is 14.7 Å². The Bertz CT molecular complexity index is 1410. The number of benzene rings is 3. The van der Waals surface area contributed by atoms with Crippen molar-refractivity contribution in [3.8, 4) is 34.1 Å². The third-order valence-electron chi connectivity index (χ3n) is 6.65. The van der Waals surface area contributed by atoms with Crippen LogP contribution in [0.4, 0.5) is 5.69 Å². The maximum atomic E-state index is 13.7. The molecule has 0 amide bonds. The van der Waals surface area contributed by atoms with Crippen molar-refractivity contribution in [2.24, 2.45) is 0 Å². The zero-order chi connectivity index (χ0) is 25.9.